The van der Waals surface area contributed by atoms with Gasteiger partial charge in [0.1, 0.15) is 0 Å². The first-order valence-electron chi connectivity index (χ1n) is 5.27. The highest BCUT2D eigenvalue weighted by atomic mass is 14.8. The highest BCUT2D eigenvalue weighted by Crippen LogP contribution is 2.29. The van der Waals surface area contributed by atoms with Gasteiger partial charge in [0.25, 0.3) is 0 Å². The molecule has 0 amide bonds. The molecule has 12 heavy (non-hydrogen) atoms. The monoisotopic (exact) mass is 171 g/mol. The Labute approximate surface area is 77.7 Å². The molecule has 0 saturated heterocycles. The number of rotatable bonds is 5. The molecule has 0 radical (unpaired) electrons. The largest absolute Gasteiger partial charge is 0.325 e. The lowest BCUT2D eigenvalue weighted by molar-refractivity contribution is 0.192. The Balaban J connectivity index is 4.29. The van der Waals surface area contributed by atoms with E-state index in [1.54, 1.807) is 0 Å². The molecule has 2 atom stereocenters. The molecule has 1 nitrogen and oxygen atoms in total. The van der Waals surface area contributed by atoms with Crippen LogP contribution in [0.5, 0.6) is 0 Å². The third kappa shape index (κ3) is 2.48. The van der Waals surface area contributed by atoms with Gasteiger partial charge in [-0.25, -0.2) is 0 Å². The van der Waals surface area contributed by atoms with E-state index in [4.69, 9.17) is 5.73 Å². The zero-order chi connectivity index (χ0) is 9.78. The van der Waals surface area contributed by atoms with E-state index in [-0.39, 0.29) is 5.54 Å². The normalized spacial score (nSPS) is 19.2. The highest BCUT2D eigenvalue weighted by molar-refractivity contribution is 4.90. The third-order valence-corrected chi connectivity index (χ3v) is 3.33. The van der Waals surface area contributed by atoms with Gasteiger partial charge in [0.2, 0.25) is 0 Å². The zero-order valence-corrected chi connectivity index (χ0v) is 9.35. The van der Waals surface area contributed by atoms with E-state index in [0.717, 1.165) is 6.42 Å². The molecular formula is C11H25N. The van der Waals surface area contributed by atoms with Gasteiger partial charge in [-0.3, -0.25) is 0 Å². The maximum Gasteiger partial charge on any atom is 0.0200 e. The molecule has 0 fully saturated rings. The van der Waals surface area contributed by atoms with Crippen LogP contribution in [0.25, 0.3) is 0 Å². The molecule has 0 aliphatic carbocycles. The predicted octanol–water partition coefficient (Wildman–Crippen LogP) is 3.19. The van der Waals surface area contributed by atoms with Crippen molar-refractivity contribution >= 4 is 0 Å². The molecule has 0 aliphatic rings. The number of hydrogen-bond donors (Lipinski definition) is 1. The second-order valence-corrected chi connectivity index (χ2v) is 4.31. The zero-order valence-electron chi connectivity index (χ0n) is 9.35. The summed E-state index contributed by atoms with van der Waals surface area (Å²) in [4.78, 5) is 0. The van der Waals surface area contributed by atoms with Crippen molar-refractivity contribution < 1.29 is 0 Å². The molecular weight excluding hydrogens is 146 g/mol. The molecule has 2 N–H and O–H groups in total. The van der Waals surface area contributed by atoms with Crippen molar-refractivity contribution in [2.75, 3.05) is 0 Å². The maximum atomic E-state index is 6.37. The Morgan fingerprint density at radius 3 is 1.92 bits per heavy atom. The summed E-state index contributed by atoms with van der Waals surface area (Å²) in [5.41, 5.74) is 6.42. The van der Waals surface area contributed by atoms with Crippen LogP contribution in [0.4, 0.5) is 0 Å². The number of hydrogen-bond acceptors (Lipinski definition) is 1. The van der Waals surface area contributed by atoms with E-state index in [2.05, 4.69) is 34.6 Å². The van der Waals surface area contributed by atoms with Crippen LogP contribution in [-0.2, 0) is 0 Å². The Kier molecular flexibility index (Phi) is 4.84. The number of nitrogens with two attached hydrogens (primary N) is 1. The molecule has 1 heteroatoms. The van der Waals surface area contributed by atoms with Crippen molar-refractivity contribution in [3.8, 4) is 0 Å². The molecule has 0 aromatic rings. The predicted molar refractivity (Wildman–Crippen MR) is 56.1 cm³/mol. The van der Waals surface area contributed by atoms with Gasteiger partial charge >= 0.3 is 0 Å². The van der Waals surface area contributed by atoms with Gasteiger partial charge in [0.05, 0.1) is 0 Å². The summed E-state index contributed by atoms with van der Waals surface area (Å²) in [6.07, 6.45) is 3.58. The van der Waals surface area contributed by atoms with Gasteiger partial charge in [-0.2, -0.15) is 0 Å². The lowest BCUT2D eigenvalue weighted by atomic mass is 9.73. The van der Waals surface area contributed by atoms with Gasteiger partial charge in [0.15, 0.2) is 0 Å². The van der Waals surface area contributed by atoms with E-state index in [0.29, 0.717) is 11.8 Å². The molecule has 0 aromatic heterocycles. The molecule has 2 unspecified atom stereocenters. The minimum atomic E-state index is 0.0516. The van der Waals surface area contributed by atoms with Gasteiger partial charge < -0.3 is 5.73 Å². The molecule has 74 valence electrons. The fourth-order valence-electron chi connectivity index (χ4n) is 2.03. The van der Waals surface area contributed by atoms with Crippen LogP contribution in [0.2, 0.25) is 0 Å². The average Bonchev–Trinajstić information content (AvgIpc) is 2.03. The van der Waals surface area contributed by atoms with Crippen molar-refractivity contribution in [1.29, 1.82) is 0 Å². The highest BCUT2D eigenvalue weighted by Gasteiger charge is 2.32. The summed E-state index contributed by atoms with van der Waals surface area (Å²) >= 11 is 0. The molecule has 0 bridgehead atoms. The lowest BCUT2D eigenvalue weighted by Crippen LogP contribution is -2.50. The quantitative estimate of drug-likeness (QED) is 0.675. The van der Waals surface area contributed by atoms with Crippen LogP contribution in [0.15, 0.2) is 0 Å². The van der Waals surface area contributed by atoms with E-state index in [9.17, 15) is 0 Å². The molecule has 0 aliphatic heterocycles. The van der Waals surface area contributed by atoms with Crippen LogP contribution in [0.3, 0.4) is 0 Å². The lowest BCUT2D eigenvalue weighted by Gasteiger charge is -2.38. The molecule has 0 aromatic carbocycles. The van der Waals surface area contributed by atoms with Gasteiger partial charge in [0, 0.05) is 5.54 Å². The first-order valence-corrected chi connectivity index (χ1v) is 5.27. The molecule has 0 heterocycles. The van der Waals surface area contributed by atoms with Crippen molar-refractivity contribution in [2.24, 2.45) is 17.6 Å². The van der Waals surface area contributed by atoms with E-state index < -0.39 is 0 Å². The maximum absolute atomic E-state index is 6.37. The van der Waals surface area contributed by atoms with Crippen LogP contribution in [0, 0.1) is 11.8 Å². The van der Waals surface area contributed by atoms with Crippen molar-refractivity contribution in [1.82, 2.24) is 0 Å². The van der Waals surface area contributed by atoms with Gasteiger partial charge in [-0.1, -0.05) is 41.0 Å². The van der Waals surface area contributed by atoms with E-state index in [1.165, 1.54) is 12.8 Å². The summed E-state index contributed by atoms with van der Waals surface area (Å²) in [6, 6.07) is 0. The summed E-state index contributed by atoms with van der Waals surface area (Å²) in [7, 11) is 0. The van der Waals surface area contributed by atoms with Crippen molar-refractivity contribution in [2.45, 2.75) is 59.4 Å². The summed E-state index contributed by atoms with van der Waals surface area (Å²) in [6.45, 7) is 11.2. The van der Waals surface area contributed by atoms with Crippen LogP contribution >= 0.6 is 0 Å². The second kappa shape index (κ2) is 4.86. The second-order valence-electron chi connectivity index (χ2n) is 4.31. The Morgan fingerprint density at radius 2 is 1.67 bits per heavy atom. The van der Waals surface area contributed by atoms with E-state index in [1.807, 2.05) is 0 Å². The van der Waals surface area contributed by atoms with E-state index >= 15 is 0 Å². The smallest absolute Gasteiger partial charge is 0.0200 e. The Morgan fingerprint density at radius 1 is 1.17 bits per heavy atom. The third-order valence-electron chi connectivity index (χ3n) is 3.33. The fraction of sp³-hybridized carbons (Fsp3) is 1.00. The topological polar surface area (TPSA) is 26.0 Å². The minimum Gasteiger partial charge on any atom is -0.325 e. The SMILES string of the molecule is CCCC(C)C(N)(CC)C(C)C. The minimum absolute atomic E-state index is 0.0516. The summed E-state index contributed by atoms with van der Waals surface area (Å²) in [5, 5.41) is 0. The molecule has 0 rings (SSSR count). The van der Waals surface area contributed by atoms with Gasteiger partial charge in [-0.05, 0) is 24.7 Å². The molecule has 0 saturated carbocycles. The first kappa shape index (κ1) is 12.0. The average molecular weight is 171 g/mol. The van der Waals surface area contributed by atoms with Crippen molar-refractivity contribution in [3.63, 3.8) is 0 Å². The van der Waals surface area contributed by atoms with Crippen LogP contribution in [-0.4, -0.2) is 5.54 Å². The Hall–Kier alpha value is -0.0400. The van der Waals surface area contributed by atoms with Crippen LogP contribution in [0.1, 0.15) is 53.9 Å². The molecule has 0 spiro atoms. The first-order chi connectivity index (χ1) is 5.49. The summed E-state index contributed by atoms with van der Waals surface area (Å²) < 4.78 is 0. The fourth-order valence-corrected chi connectivity index (χ4v) is 2.03. The Bertz CT molecular complexity index is 120. The van der Waals surface area contributed by atoms with Crippen molar-refractivity contribution in [3.05, 3.63) is 0 Å². The van der Waals surface area contributed by atoms with Crippen LogP contribution < -0.4 is 5.73 Å². The standard InChI is InChI=1S/C11H25N/c1-6-8-10(5)11(12,7-2)9(3)4/h9-10H,6-8,12H2,1-5H3. The van der Waals surface area contributed by atoms with Gasteiger partial charge in [-0.15, -0.1) is 0 Å². The summed E-state index contributed by atoms with van der Waals surface area (Å²) in [5.74, 6) is 1.23.